The smallest absolute Gasteiger partial charge is 0.416 e. The molecule has 1 amide bonds. The Balaban J connectivity index is 1.16. The fraction of sp³-hybridized carbons (Fsp3) is 0.367. The van der Waals surface area contributed by atoms with Crippen LogP contribution in [0.25, 0.3) is 16.7 Å². The minimum atomic E-state index is -4.53. The van der Waals surface area contributed by atoms with Crippen LogP contribution >= 0.6 is 11.6 Å². The first-order valence-electron chi connectivity index (χ1n) is 14.7. The lowest BCUT2D eigenvalue weighted by atomic mass is 10.1. The van der Waals surface area contributed by atoms with Crippen LogP contribution in [0.3, 0.4) is 0 Å². The SMILES string of the molecule is CN1CCN(c2cc(Nc3nc4ncc(Oc5cnn6cc(N(C)C(=O)C7CC7)ncc56)c(Cl)c4n3C)cc(C(F)(F)F)c2)CC1. The highest BCUT2D eigenvalue weighted by molar-refractivity contribution is 6.36. The third-order valence-electron chi connectivity index (χ3n) is 8.35. The number of hydrogen-bond acceptors (Lipinski definition) is 9. The molecule has 2 fully saturated rings. The molecule has 4 aromatic heterocycles. The second-order valence-electron chi connectivity index (χ2n) is 11.6. The first-order chi connectivity index (χ1) is 22.0. The van der Waals surface area contributed by atoms with Gasteiger partial charge in [0.1, 0.15) is 16.1 Å². The van der Waals surface area contributed by atoms with Gasteiger partial charge in [-0.15, -0.1) is 0 Å². The normalized spacial score (nSPS) is 15.9. The van der Waals surface area contributed by atoms with Crippen molar-refractivity contribution in [1.29, 1.82) is 0 Å². The summed E-state index contributed by atoms with van der Waals surface area (Å²) in [6.07, 6.45) is 3.39. The number of anilines is 4. The van der Waals surface area contributed by atoms with Gasteiger partial charge < -0.3 is 24.4 Å². The van der Waals surface area contributed by atoms with E-state index >= 15 is 0 Å². The number of aromatic nitrogens is 6. The number of ether oxygens (including phenoxy) is 1. The van der Waals surface area contributed by atoms with E-state index in [0.29, 0.717) is 41.4 Å². The molecule has 0 unspecified atom stereocenters. The second-order valence-corrected chi connectivity index (χ2v) is 12.0. The summed E-state index contributed by atoms with van der Waals surface area (Å²) >= 11 is 6.79. The summed E-state index contributed by atoms with van der Waals surface area (Å²) in [5, 5.41) is 7.58. The Bertz CT molecular complexity index is 1960. The monoisotopic (exact) mass is 654 g/mol. The fourth-order valence-electron chi connectivity index (χ4n) is 5.46. The standard InChI is InChI=1S/C30H30ClF3N10O2/c1-40-6-8-43(9-7-40)20-11-18(30(32,33)34)10-19(12-20)38-29-39-27-26(42(29)3)25(31)23(14-36-27)46-22-15-37-44-16-24(35-13-21(22)44)41(2)28(45)17-4-5-17/h10-17H,4-9H2,1-3H3,(H,36,38,39). The molecule has 0 bridgehead atoms. The number of benzene rings is 1. The number of hydrogen-bond donors (Lipinski definition) is 1. The number of nitrogens with one attached hydrogen (secondary N) is 1. The van der Waals surface area contributed by atoms with Gasteiger partial charge >= 0.3 is 6.18 Å². The molecule has 5 heterocycles. The van der Waals surface area contributed by atoms with Gasteiger partial charge in [0.25, 0.3) is 0 Å². The number of amides is 1. The third kappa shape index (κ3) is 5.64. The number of rotatable bonds is 7. The highest BCUT2D eigenvalue weighted by atomic mass is 35.5. The van der Waals surface area contributed by atoms with Crippen LogP contribution in [0, 0.1) is 5.92 Å². The van der Waals surface area contributed by atoms with E-state index in [1.165, 1.54) is 23.4 Å². The van der Waals surface area contributed by atoms with E-state index < -0.39 is 11.7 Å². The van der Waals surface area contributed by atoms with E-state index in [9.17, 15) is 18.0 Å². The Morgan fingerprint density at radius 2 is 1.80 bits per heavy atom. The van der Waals surface area contributed by atoms with Gasteiger partial charge in [-0.3, -0.25) is 9.69 Å². The Hall–Kier alpha value is -4.63. The number of nitrogens with zero attached hydrogens (tertiary/aromatic N) is 9. The number of carbonyl (C=O) groups is 1. The number of alkyl halides is 3. The highest BCUT2D eigenvalue weighted by Gasteiger charge is 2.34. The predicted octanol–water partition coefficient (Wildman–Crippen LogP) is 5.34. The topological polar surface area (TPSA) is 109 Å². The van der Waals surface area contributed by atoms with Gasteiger partial charge in [0.15, 0.2) is 23.0 Å². The van der Waals surface area contributed by atoms with Crippen molar-refractivity contribution < 1.29 is 22.7 Å². The Morgan fingerprint density at radius 1 is 1.04 bits per heavy atom. The average molecular weight is 655 g/mol. The number of piperazine rings is 1. The molecule has 12 nitrogen and oxygen atoms in total. The molecular weight excluding hydrogens is 625 g/mol. The molecule has 1 saturated carbocycles. The maximum atomic E-state index is 13.9. The van der Waals surface area contributed by atoms with E-state index in [2.05, 4.69) is 30.3 Å². The van der Waals surface area contributed by atoms with E-state index in [4.69, 9.17) is 16.3 Å². The maximum Gasteiger partial charge on any atom is 0.416 e. The van der Waals surface area contributed by atoms with Crippen LogP contribution in [0.15, 0.2) is 43.0 Å². The molecule has 16 heteroatoms. The minimum absolute atomic E-state index is 0.0233. The Labute approximate surface area is 266 Å². The van der Waals surface area contributed by atoms with Crippen LogP contribution in [0.4, 0.5) is 36.3 Å². The summed E-state index contributed by atoms with van der Waals surface area (Å²) in [7, 11) is 5.36. The summed E-state index contributed by atoms with van der Waals surface area (Å²) < 4.78 is 50.9. The molecule has 0 spiro atoms. The summed E-state index contributed by atoms with van der Waals surface area (Å²) in [5.74, 6) is 1.37. The van der Waals surface area contributed by atoms with Crippen molar-refractivity contribution in [1.82, 2.24) is 34.0 Å². The minimum Gasteiger partial charge on any atom is -0.450 e. The average Bonchev–Trinajstić information content (AvgIpc) is 3.74. The molecule has 0 radical (unpaired) electrons. The van der Waals surface area contributed by atoms with E-state index in [0.717, 1.165) is 32.0 Å². The molecule has 1 saturated heterocycles. The van der Waals surface area contributed by atoms with Crippen molar-refractivity contribution in [3.63, 3.8) is 0 Å². The Kier molecular flexibility index (Phi) is 7.39. The zero-order valence-corrected chi connectivity index (χ0v) is 26.0. The molecule has 2 aliphatic rings. The molecule has 1 N–H and O–H groups in total. The van der Waals surface area contributed by atoms with Crippen molar-refractivity contribution in [2.45, 2.75) is 19.0 Å². The molecule has 1 aliphatic heterocycles. The molecule has 46 heavy (non-hydrogen) atoms. The summed E-state index contributed by atoms with van der Waals surface area (Å²) in [5.41, 5.74) is 1.20. The largest absolute Gasteiger partial charge is 0.450 e. The molecule has 0 atom stereocenters. The first kappa shape index (κ1) is 30.0. The van der Waals surface area contributed by atoms with Crippen LogP contribution in [-0.2, 0) is 18.0 Å². The van der Waals surface area contributed by atoms with Gasteiger partial charge in [0.2, 0.25) is 11.9 Å². The molecule has 1 aromatic carbocycles. The van der Waals surface area contributed by atoms with Gasteiger partial charge in [0.05, 0.1) is 30.4 Å². The second kappa shape index (κ2) is 11.3. The van der Waals surface area contributed by atoms with Crippen molar-refractivity contribution in [2.24, 2.45) is 13.0 Å². The van der Waals surface area contributed by atoms with Crippen molar-refractivity contribution in [3.05, 3.63) is 53.6 Å². The Morgan fingerprint density at radius 3 is 2.52 bits per heavy atom. The zero-order valence-electron chi connectivity index (χ0n) is 25.2. The van der Waals surface area contributed by atoms with Gasteiger partial charge in [-0.2, -0.15) is 23.3 Å². The van der Waals surface area contributed by atoms with Crippen LogP contribution in [-0.4, -0.2) is 80.2 Å². The number of imidazole rings is 1. The van der Waals surface area contributed by atoms with E-state index in [1.807, 2.05) is 11.9 Å². The van der Waals surface area contributed by atoms with Gasteiger partial charge in [-0.1, -0.05) is 11.6 Å². The third-order valence-corrected chi connectivity index (χ3v) is 8.72. The predicted molar refractivity (Wildman–Crippen MR) is 167 cm³/mol. The molecular formula is C30H30ClF3N10O2. The summed E-state index contributed by atoms with van der Waals surface area (Å²) in [6, 6.07) is 3.93. The number of carbonyl (C=O) groups excluding carboxylic acids is 1. The quantitative estimate of drug-likeness (QED) is 0.249. The van der Waals surface area contributed by atoms with E-state index in [1.54, 1.807) is 41.6 Å². The van der Waals surface area contributed by atoms with Crippen LogP contribution in [0.1, 0.15) is 18.4 Å². The number of pyridine rings is 1. The van der Waals surface area contributed by atoms with Crippen molar-refractivity contribution >= 4 is 57.3 Å². The lowest BCUT2D eigenvalue weighted by molar-refractivity contribution is -0.137. The number of fused-ring (bicyclic) bond motifs is 2. The zero-order chi connectivity index (χ0) is 32.3. The maximum absolute atomic E-state index is 13.9. The lowest BCUT2D eigenvalue weighted by Gasteiger charge is -2.34. The number of aryl methyl sites for hydroxylation is 1. The lowest BCUT2D eigenvalue weighted by Crippen LogP contribution is -2.44. The van der Waals surface area contributed by atoms with Gasteiger partial charge in [0, 0.05) is 57.6 Å². The molecule has 5 aromatic rings. The molecule has 7 rings (SSSR count). The molecule has 240 valence electrons. The van der Waals surface area contributed by atoms with Crippen LogP contribution in [0.2, 0.25) is 5.02 Å². The highest BCUT2D eigenvalue weighted by Crippen LogP contribution is 2.39. The molecule has 1 aliphatic carbocycles. The first-order valence-corrected chi connectivity index (χ1v) is 15.1. The van der Waals surface area contributed by atoms with Gasteiger partial charge in [-0.25, -0.2) is 14.5 Å². The van der Waals surface area contributed by atoms with Crippen molar-refractivity contribution in [3.8, 4) is 11.5 Å². The fourth-order valence-corrected chi connectivity index (χ4v) is 5.76. The summed E-state index contributed by atoms with van der Waals surface area (Å²) in [6.45, 7) is 2.74. The van der Waals surface area contributed by atoms with Crippen LogP contribution in [0.5, 0.6) is 11.5 Å². The number of likely N-dealkylation sites (N-methyl/N-ethyl adjacent to an activating group) is 1. The van der Waals surface area contributed by atoms with Gasteiger partial charge in [-0.05, 0) is 38.1 Å². The summed E-state index contributed by atoms with van der Waals surface area (Å²) in [4.78, 5) is 31.4. The van der Waals surface area contributed by atoms with E-state index in [-0.39, 0.29) is 39.9 Å². The number of halogens is 4. The van der Waals surface area contributed by atoms with Crippen LogP contribution < -0.4 is 19.9 Å². The van der Waals surface area contributed by atoms with Crippen molar-refractivity contribution in [2.75, 3.05) is 55.4 Å².